The lowest BCUT2D eigenvalue weighted by Crippen LogP contribution is -2.47. The molecule has 2 aromatic heterocycles. The van der Waals surface area contributed by atoms with Gasteiger partial charge in [-0.3, -0.25) is 9.88 Å². The third kappa shape index (κ3) is 3.58. The lowest BCUT2D eigenvalue weighted by molar-refractivity contribution is 0.198. The van der Waals surface area contributed by atoms with Gasteiger partial charge >= 0.3 is 0 Å². The van der Waals surface area contributed by atoms with Crippen LogP contribution in [0.2, 0.25) is 5.02 Å². The molecule has 0 saturated carbocycles. The lowest BCUT2D eigenvalue weighted by atomic mass is 10.1. The average molecular weight is 386 g/mol. The molecule has 134 valence electrons. The van der Waals surface area contributed by atoms with Gasteiger partial charge in [-0.2, -0.15) is 0 Å². The SMILES string of the molecule is CC(c1ccccc1Cl)N1CCN(c2nnc(-c3ccccn3)s2)CC1. The highest BCUT2D eigenvalue weighted by Gasteiger charge is 2.25. The minimum absolute atomic E-state index is 0.310. The predicted molar refractivity (Wildman–Crippen MR) is 107 cm³/mol. The molecule has 1 fully saturated rings. The summed E-state index contributed by atoms with van der Waals surface area (Å²) in [6, 6.07) is 14.3. The fourth-order valence-electron chi connectivity index (χ4n) is 3.25. The largest absolute Gasteiger partial charge is 0.344 e. The van der Waals surface area contributed by atoms with E-state index in [4.69, 9.17) is 11.6 Å². The molecule has 0 amide bonds. The van der Waals surface area contributed by atoms with Crippen molar-refractivity contribution >= 4 is 28.1 Å². The highest BCUT2D eigenvalue weighted by molar-refractivity contribution is 7.18. The third-order valence-corrected chi connectivity index (χ3v) is 6.14. The van der Waals surface area contributed by atoms with Crippen molar-refractivity contribution in [2.24, 2.45) is 0 Å². The van der Waals surface area contributed by atoms with E-state index in [1.54, 1.807) is 17.5 Å². The molecule has 0 N–H and O–H groups in total. The number of nitrogens with zero attached hydrogens (tertiary/aromatic N) is 5. The zero-order chi connectivity index (χ0) is 17.9. The van der Waals surface area contributed by atoms with Crippen LogP contribution in [0.5, 0.6) is 0 Å². The highest BCUT2D eigenvalue weighted by Crippen LogP contribution is 2.31. The number of aromatic nitrogens is 3. The number of piperazine rings is 1. The summed E-state index contributed by atoms with van der Waals surface area (Å²) < 4.78 is 0. The van der Waals surface area contributed by atoms with Crippen molar-refractivity contribution in [2.75, 3.05) is 31.1 Å². The van der Waals surface area contributed by atoms with E-state index in [9.17, 15) is 0 Å². The fraction of sp³-hybridized carbons (Fsp3) is 0.316. The van der Waals surface area contributed by atoms with Crippen LogP contribution in [0.4, 0.5) is 5.13 Å². The summed E-state index contributed by atoms with van der Waals surface area (Å²) in [4.78, 5) is 9.13. The van der Waals surface area contributed by atoms with Crippen molar-refractivity contribution in [3.05, 3.63) is 59.2 Å². The van der Waals surface area contributed by atoms with Crippen LogP contribution in [0.3, 0.4) is 0 Å². The Kier molecular flexibility index (Phi) is 5.15. The number of rotatable bonds is 4. The van der Waals surface area contributed by atoms with Crippen molar-refractivity contribution in [2.45, 2.75) is 13.0 Å². The number of hydrogen-bond acceptors (Lipinski definition) is 6. The van der Waals surface area contributed by atoms with Crippen molar-refractivity contribution in [1.82, 2.24) is 20.1 Å². The standard InChI is InChI=1S/C19H20ClN5S/c1-14(15-6-2-3-7-16(15)20)24-10-12-25(13-11-24)19-23-22-18(26-19)17-8-4-5-9-21-17/h2-9,14H,10-13H2,1H3. The molecule has 0 radical (unpaired) electrons. The normalized spacial score (nSPS) is 16.6. The van der Waals surface area contributed by atoms with E-state index in [0.717, 1.165) is 47.0 Å². The molecule has 1 aliphatic heterocycles. The van der Waals surface area contributed by atoms with Crippen molar-refractivity contribution in [3.63, 3.8) is 0 Å². The number of benzene rings is 1. The monoisotopic (exact) mass is 385 g/mol. The van der Waals surface area contributed by atoms with E-state index in [1.165, 1.54) is 5.56 Å². The van der Waals surface area contributed by atoms with Crippen molar-refractivity contribution in [3.8, 4) is 10.7 Å². The third-order valence-electron chi connectivity index (χ3n) is 4.79. The van der Waals surface area contributed by atoms with Gasteiger partial charge in [-0.05, 0) is 30.7 Å². The first-order valence-corrected chi connectivity index (χ1v) is 9.90. The Hall–Kier alpha value is -2.02. The number of hydrogen-bond donors (Lipinski definition) is 0. The predicted octanol–water partition coefficient (Wildman–Crippen LogP) is 4.14. The molecule has 26 heavy (non-hydrogen) atoms. The van der Waals surface area contributed by atoms with E-state index < -0.39 is 0 Å². The zero-order valence-electron chi connectivity index (χ0n) is 14.5. The second kappa shape index (κ2) is 7.70. The first-order chi connectivity index (χ1) is 12.7. The molecule has 0 aliphatic carbocycles. The number of halogens is 1. The Morgan fingerprint density at radius 3 is 2.50 bits per heavy atom. The molecule has 7 heteroatoms. The molecule has 3 aromatic rings. The topological polar surface area (TPSA) is 45.2 Å². The number of anilines is 1. The minimum Gasteiger partial charge on any atom is -0.344 e. The smallest absolute Gasteiger partial charge is 0.208 e. The first kappa shape index (κ1) is 17.4. The summed E-state index contributed by atoms with van der Waals surface area (Å²) in [6.07, 6.45) is 1.78. The Balaban J connectivity index is 1.41. The number of pyridine rings is 1. The molecule has 3 heterocycles. The summed E-state index contributed by atoms with van der Waals surface area (Å²) in [7, 11) is 0. The lowest BCUT2D eigenvalue weighted by Gasteiger charge is -2.38. The van der Waals surface area contributed by atoms with Crippen LogP contribution in [0.25, 0.3) is 10.7 Å². The van der Waals surface area contributed by atoms with Gasteiger partial charge in [0, 0.05) is 43.4 Å². The Labute approximate surface area is 162 Å². The molecule has 0 spiro atoms. The molecule has 1 saturated heterocycles. The maximum atomic E-state index is 6.36. The van der Waals surface area contributed by atoms with Crippen LogP contribution < -0.4 is 4.90 Å². The van der Waals surface area contributed by atoms with Gasteiger partial charge in [0.05, 0.1) is 0 Å². The zero-order valence-corrected chi connectivity index (χ0v) is 16.1. The van der Waals surface area contributed by atoms with Crippen LogP contribution >= 0.6 is 22.9 Å². The molecule has 1 atom stereocenters. The molecule has 1 aliphatic rings. The average Bonchev–Trinajstić information content (AvgIpc) is 3.19. The molecule has 4 rings (SSSR count). The van der Waals surface area contributed by atoms with E-state index >= 15 is 0 Å². The van der Waals surface area contributed by atoms with E-state index in [2.05, 4.69) is 38.0 Å². The molecular formula is C19H20ClN5S. The summed E-state index contributed by atoms with van der Waals surface area (Å²) >= 11 is 7.97. The van der Waals surface area contributed by atoms with Gasteiger partial charge in [-0.15, -0.1) is 10.2 Å². The van der Waals surface area contributed by atoms with E-state index in [0.29, 0.717) is 6.04 Å². The molecule has 1 aromatic carbocycles. The van der Waals surface area contributed by atoms with E-state index in [1.807, 2.05) is 36.4 Å². The molecule has 5 nitrogen and oxygen atoms in total. The quantitative estimate of drug-likeness (QED) is 0.675. The van der Waals surface area contributed by atoms with Gasteiger partial charge in [0.25, 0.3) is 0 Å². The summed E-state index contributed by atoms with van der Waals surface area (Å²) in [5.41, 5.74) is 2.07. The van der Waals surface area contributed by atoms with Crippen molar-refractivity contribution in [1.29, 1.82) is 0 Å². The maximum Gasteiger partial charge on any atom is 0.208 e. The van der Waals surface area contributed by atoms with Gasteiger partial charge in [0.15, 0.2) is 5.01 Å². The highest BCUT2D eigenvalue weighted by atomic mass is 35.5. The van der Waals surface area contributed by atoms with Gasteiger partial charge in [0.1, 0.15) is 5.69 Å². The molecule has 1 unspecified atom stereocenters. The summed E-state index contributed by atoms with van der Waals surface area (Å²) in [5, 5.41) is 11.4. The van der Waals surface area contributed by atoms with Crippen LogP contribution in [0.15, 0.2) is 48.7 Å². The second-order valence-electron chi connectivity index (χ2n) is 6.33. The Morgan fingerprint density at radius 2 is 1.77 bits per heavy atom. The van der Waals surface area contributed by atoms with Crippen LogP contribution in [-0.2, 0) is 0 Å². The molecular weight excluding hydrogens is 366 g/mol. The molecule has 0 bridgehead atoms. The maximum absolute atomic E-state index is 6.36. The summed E-state index contributed by atoms with van der Waals surface area (Å²) in [6.45, 7) is 6.05. The first-order valence-electron chi connectivity index (χ1n) is 8.71. The Morgan fingerprint density at radius 1 is 1.00 bits per heavy atom. The Bertz CT molecular complexity index is 861. The minimum atomic E-state index is 0.310. The summed E-state index contributed by atoms with van der Waals surface area (Å²) in [5.74, 6) is 0. The van der Waals surface area contributed by atoms with Crippen LogP contribution in [-0.4, -0.2) is 46.3 Å². The second-order valence-corrected chi connectivity index (χ2v) is 7.69. The van der Waals surface area contributed by atoms with Crippen LogP contribution in [0.1, 0.15) is 18.5 Å². The van der Waals surface area contributed by atoms with Gasteiger partial charge in [-0.25, -0.2) is 0 Å². The van der Waals surface area contributed by atoms with Gasteiger partial charge < -0.3 is 4.90 Å². The van der Waals surface area contributed by atoms with Crippen molar-refractivity contribution < 1.29 is 0 Å². The fourth-order valence-corrected chi connectivity index (χ4v) is 4.41. The van der Waals surface area contributed by atoms with Gasteiger partial charge in [0.2, 0.25) is 5.13 Å². The van der Waals surface area contributed by atoms with Gasteiger partial charge in [-0.1, -0.05) is 47.2 Å². The van der Waals surface area contributed by atoms with Crippen LogP contribution in [0, 0.1) is 0 Å². The van der Waals surface area contributed by atoms with E-state index in [-0.39, 0.29) is 0 Å².